The summed E-state index contributed by atoms with van der Waals surface area (Å²) in [5.74, 6) is 0. The largest absolute Gasteiger partial charge is 0.309 e. The molecule has 0 unspecified atom stereocenters. The summed E-state index contributed by atoms with van der Waals surface area (Å²) >= 11 is 3.85. The summed E-state index contributed by atoms with van der Waals surface area (Å²) in [6.45, 7) is 0. The third kappa shape index (κ3) is 3.52. The van der Waals surface area contributed by atoms with Gasteiger partial charge in [0.05, 0.1) is 11.0 Å². The number of hydrogen-bond donors (Lipinski definition) is 0. The van der Waals surface area contributed by atoms with Crippen molar-refractivity contribution < 1.29 is 0 Å². The van der Waals surface area contributed by atoms with Gasteiger partial charge in [0.25, 0.3) is 0 Å². The molecule has 0 saturated carbocycles. The summed E-state index contributed by atoms with van der Waals surface area (Å²) in [5, 5.41) is 2.54. The molecule has 0 saturated heterocycles. The van der Waals surface area contributed by atoms with Crippen LogP contribution in [0.4, 0.5) is 0 Å². The summed E-state index contributed by atoms with van der Waals surface area (Å²) in [4.78, 5) is 0. The van der Waals surface area contributed by atoms with E-state index in [1.807, 2.05) is 0 Å². The molecule has 2 heteroatoms. The Morgan fingerprint density at radius 2 is 1.10 bits per heavy atom. The van der Waals surface area contributed by atoms with E-state index in [9.17, 15) is 0 Å². The highest BCUT2D eigenvalue weighted by Crippen LogP contribution is 2.47. The fraction of sp³-hybridized carbons (Fsp3) is 0.0270. The van der Waals surface area contributed by atoms with Gasteiger partial charge >= 0.3 is 0 Å². The van der Waals surface area contributed by atoms with Gasteiger partial charge in [-0.1, -0.05) is 107 Å². The number of halogens is 1. The van der Waals surface area contributed by atoms with E-state index >= 15 is 0 Å². The Kier molecular flexibility index (Phi) is 5.11. The third-order valence-electron chi connectivity index (χ3n) is 8.08. The minimum Gasteiger partial charge on any atom is -0.309 e. The Hall–Kier alpha value is -4.40. The minimum atomic E-state index is 0.980. The van der Waals surface area contributed by atoms with Crippen molar-refractivity contribution in [2.45, 2.75) is 6.42 Å². The molecule has 184 valence electrons. The van der Waals surface area contributed by atoms with E-state index in [2.05, 4.69) is 154 Å². The molecule has 1 aliphatic rings. The molecule has 0 atom stereocenters. The van der Waals surface area contributed by atoms with Crippen molar-refractivity contribution in [2.24, 2.45) is 0 Å². The number of rotatable bonds is 3. The molecular weight excluding hydrogens is 538 g/mol. The number of benzene rings is 6. The number of hydrogen-bond acceptors (Lipinski definition) is 0. The molecule has 1 aliphatic carbocycles. The molecule has 0 aliphatic heterocycles. The van der Waals surface area contributed by atoms with Crippen molar-refractivity contribution in [1.29, 1.82) is 0 Å². The molecule has 0 spiro atoms. The van der Waals surface area contributed by atoms with E-state index in [0.717, 1.165) is 6.42 Å². The Morgan fingerprint density at radius 3 is 1.85 bits per heavy atom. The van der Waals surface area contributed by atoms with Crippen molar-refractivity contribution in [3.8, 4) is 39.1 Å². The molecule has 0 amide bonds. The second kappa shape index (κ2) is 8.83. The van der Waals surface area contributed by atoms with Crippen LogP contribution in [0.1, 0.15) is 11.1 Å². The maximum Gasteiger partial charge on any atom is 0.0541 e. The van der Waals surface area contributed by atoms with Crippen LogP contribution in [0.15, 0.2) is 138 Å². The van der Waals surface area contributed by atoms with Crippen LogP contribution in [0, 0.1) is 0 Å². The molecular formula is C37H24BrN. The zero-order valence-corrected chi connectivity index (χ0v) is 22.8. The van der Waals surface area contributed by atoms with Gasteiger partial charge in [-0.2, -0.15) is 0 Å². The predicted octanol–water partition coefficient (Wildman–Crippen LogP) is 10.5. The van der Waals surface area contributed by atoms with Crippen LogP contribution in [0.5, 0.6) is 0 Å². The van der Waals surface area contributed by atoms with Crippen molar-refractivity contribution in [1.82, 2.24) is 4.57 Å². The molecule has 6 aromatic carbocycles. The second-order valence-corrected chi connectivity index (χ2v) is 11.1. The predicted molar refractivity (Wildman–Crippen MR) is 168 cm³/mol. The van der Waals surface area contributed by atoms with E-state index in [0.29, 0.717) is 0 Å². The average molecular weight is 563 g/mol. The Labute approximate surface area is 236 Å². The molecule has 1 nitrogen and oxygen atoms in total. The number of nitrogens with zero attached hydrogens (tertiary/aromatic N) is 1. The Balaban J connectivity index is 1.41. The molecule has 1 heterocycles. The number of para-hydroxylation sites is 1. The lowest BCUT2D eigenvalue weighted by atomic mass is 9.93. The topological polar surface area (TPSA) is 4.93 Å². The van der Waals surface area contributed by atoms with Crippen LogP contribution in [0.2, 0.25) is 0 Å². The van der Waals surface area contributed by atoms with Gasteiger partial charge in [-0.05, 0) is 87.8 Å². The average Bonchev–Trinajstić information content (AvgIpc) is 3.54. The molecule has 8 rings (SSSR count). The van der Waals surface area contributed by atoms with Gasteiger partial charge in [0.15, 0.2) is 0 Å². The lowest BCUT2D eigenvalue weighted by Gasteiger charge is -2.12. The number of fused-ring (bicyclic) bond motifs is 6. The van der Waals surface area contributed by atoms with Gasteiger partial charge in [0.1, 0.15) is 0 Å². The van der Waals surface area contributed by atoms with Crippen LogP contribution in [-0.2, 0) is 6.42 Å². The van der Waals surface area contributed by atoms with Gasteiger partial charge in [0.2, 0.25) is 0 Å². The van der Waals surface area contributed by atoms with Crippen LogP contribution in [0.3, 0.4) is 0 Å². The van der Waals surface area contributed by atoms with Gasteiger partial charge < -0.3 is 4.57 Å². The summed E-state index contributed by atoms with van der Waals surface area (Å²) in [7, 11) is 0. The van der Waals surface area contributed by atoms with Crippen LogP contribution in [0.25, 0.3) is 60.9 Å². The highest BCUT2D eigenvalue weighted by atomic mass is 79.9. The third-order valence-corrected chi connectivity index (χ3v) is 8.74. The molecule has 1 aromatic heterocycles. The first-order valence-electron chi connectivity index (χ1n) is 13.4. The summed E-state index contributed by atoms with van der Waals surface area (Å²) in [6, 6.07) is 48.5. The second-order valence-electron chi connectivity index (χ2n) is 10.3. The van der Waals surface area contributed by atoms with Gasteiger partial charge in [-0.3, -0.25) is 0 Å². The molecule has 0 fully saturated rings. The summed E-state index contributed by atoms with van der Waals surface area (Å²) in [5.41, 5.74) is 14.1. The molecule has 0 N–H and O–H groups in total. The standard InChI is InChI=1S/C37H24BrN/c38-33-16-8-12-28-21-27-11-7-15-30(36(27)37(28)33)26-18-20-35-32(23-26)31-22-25(24-9-3-1-4-10-24)17-19-34(31)39(35)29-13-5-2-6-14-29/h1-20,22-23H,21H2. The van der Waals surface area contributed by atoms with Crippen LogP contribution in [-0.4, -0.2) is 4.57 Å². The van der Waals surface area contributed by atoms with E-state index in [1.54, 1.807) is 0 Å². The summed E-state index contributed by atoms with van der Waals surface area (Å²) < 4.78 is 3.56. The van der Waals surface area contributed by atoms with Crippen molar-refractivity contribution in [2.75, 3.05) is 0 Å². The zero-order chi connectivity index (χ0) is 25.9. The van der Waals surface area contributed by atoms with Gasteiger partial charge in [-0.15, -0.1) is 0 Å². The van der Waals surface area contributed by atoms with Gasteiger partial charge in [0, 0.05) is 26.5 Å². The van der Waals surface area contributed by atoms with Crippen molar-refractivity contribution in [3.63, 3.8) is 0 Å². The quantitative estimate of drug-likeness (QED) is 0.202. The first-order chi connectivity index (χ1) is 19.3. The lowest BCUT2D eigenvalue weighted by molar-refractivity contribution is 1.18. The first-order valence-corrected chi connectivity index (χ1v) is 14.1. The molecule has 0 radical (unpaired) electrons. The maximum absolute atomic E-state index is 3.85. The fourth-order valence-electron chi connectivity index (χ4n) is 6.34. The van der Waals surface area contributed by atoms with E-state index in [4.69, 9.17) is 0 Å². The molecule has 39 heavy (non-hydrogen) atoms. The SMILES string of the molecule is Brc1cccc2c1-c1c(cccc1-c1ccc3c(c1)c1cc(-c4ccccc4)ccc1n3-c1ccccc1)C2. The first kappa shape index (κ1) is 22.6. The van der Waals surface area contributed by atoms with Crippen molar-refractivity contribution in [3.05, 3.63) is 149 Å². The normalized spacial score (nSPS) is 12.1. The zero-order valence-electron chi connectivity index (χ0n) is 21.2. The number of aromatic nitrogens is 1. The van der Waals surface area contributed by atoms with E-state index in [-0.39, 0.29) is 0 Å². The Bertz CT molecular complexity index is 2030. The monoisotopic (exact) mass is 561 g/mol. The van der Waals surface area contributed by atoms with E-state index in [1.165, 1.54) is 76.5 Å². The smallest absolute Gasteiger partial charge is 0.0541 e. The van der Waals surface area contributed by atoms with Gasteiger partial charge in [-0.25, -0.2) is 0 Å². The van der Waals surface area contributed by atoms with Crippen LogP contribution >= 0.6 is 15.9 Å². The highest BCUT2D eigenvalue weighted by Gasteiger charge is 2.24. The fourth-order valence-corrected chi connectivity index (χ4v) is 6.95. The molecule has 7 aromatic rings. The highest BCUT2D eigenvalue weighted by molar-refractivity contribution is 9.10. The van der Waals surface area contributed by atoms with Crippen LogP contribution < -0.4 is 0 Å². The van der Waals surface area contributed by atoms with Crippen molar-refractivity contribution >= 4 is 37.7 Å². The van der Waals surface area contributed by atoms with E-state index < -0.39 is 0 Å². The minimum absolute atomic E-state index is 0.980. The lowest BCUT2D eigenvalue weighted by Crippen LogP contribution is -1.93. The maximum atomic E-state index is 3.85. The molecule has 0 bridgehead atoms. The Morgan fingerprint density at radius 1 is 0.487 bits per heavy atom. The summed E-state index contributed by atoms with van der Waals surface area (Å²) in [6.07, 6.45) is 0.980.